The summed E-state index contributed by atoms with van der Waals surface area (Å²) in [5.41, 5.74) is 1.07. The van der Waals surface area contributed by atoms with Gasteiger partial charge in [0.25, 0.3) is 0 Å². The first-order valence-corrected chi connectivity index (χ1v) is 3.90. The molecule has 1 amide bonds. The highest BCUT2D eigenvalue weighted by atomic mass is 16.1. The summed E-state index contributed by atoms with van der Waals surface area (Å²) >= 11 is 0. The summed E-state index contributed by atoms with van der Waals surface area (Å²) in [5.74, 6) is -0.0869. The van der Waals surface area contributed by atoms with Crippen LogP contribution in [0.3, 0.4) is 0 Å². The first kappa shape index (κ1) is 10.7. The van der Waals surface area contributed by atoms with Crippen LogP contribution in [0, 0.1) is 0 Å². The summed E-state index contributed by atoms with van der Waals surface area (Å²) < 4.78 is 0. The molecule has 0 aromatic rings. The largest absolute Gasteiger partial charge is 0.349 e. The zero-order valence-corrected chi connectivity index (χ0v) is 7.63. The molecule has 0 unspecified atom stereocenters. The van der Waals surface area contributed by atoms with Crippen molar-refractivity contribution in [1.29, 1.82) is 0 Å². The third kappa shape index (κ3) is 5.47. The Bertz CT molecular complexity index is 214. The van der Waals surface area contributed by atoms with Gasteiger partial charge in [0, 0.05) is 12.6 Å². The number of amides is 1. The zero-order chi connectivity index (χ0) is 9.40. The fourth-order valence-electron chi connectivity index (χ4n) is 0.535. The van der Waals surface area contributed by atoms with E-state index in [0.717, 1.165) is 5.57 Å². The highest BCUT2D eigenvalue weighted by Crippen LogP contribution is 1.92. The molecule has 2 nitrogen and oxygen atoms in total. The van der Waals surface area contributed by atoms with Crippen LogP contribution < -0.4 is 5.32 Å². The van der Waals surface area contributed by atoms with E-state index in [9.17, 15) is 4.79 Å². The van der Waals surface area contributed by atoms with E-state index >= 15 is 0 Å². The summed E-state index contributed by atoms with van der Waals surface area (Å²) in [4.78, 5) is 10.9. The molecule has 66 valence electrons. The minimum atomic E-state index is -0.0869. The molecular weight excluding hydrogens is 150 g/mol. The van der Waals surface area contributed by atoms with Crippen LogP contribution in [0.5, 0.6) is 0 Å². The van der Waals surface area contributed by atoms with Crippen LogP contribution in [0.25, 0.3) is 0 Å². The predicted octanol–water partition coefficient (Wildman–Crippen LogP) is 1.81. The number of hydrogen-bond donors (Lipinski definition) is 1. The van der Waals surface area contributed by atoms with Gasteiger partial charge in [-0.1, -0.05) is 23.8 Å². The van der Waals surface area contributed by atoms with E-state index in [1.165, 1.54) is 6.08 Å². The van der Waals surface area contributed by atoms with Crippen molar-refractivity contribution in [2.24, 2.45) is 0 Å². The average Bonchev–Trinajstić information content (AvgIpc) is 2.10. The molecule has 0 spiro atoms. The normalized spacial score (nSPS) is 11.7. The highest BCUT2D eigenvalue weighted by Gasteiger charge is 1.89. The fraction of sp³-hybridized carbons (Fsp3) is 0.300. The van der Waals surface area contributed by atoms with E-state index in [1.54, 1.807) is 12.2 Å². The van der Waals surface area contributed by atoms with Crippen molar-refractivity contribution < 1.29 is 4.79 Å². The number of rotatable bonds is 4. The van der Waals surface area contributed by atoms with Crippen molar-refractivity contribution in [3.8, 4) is 0 Å². The van der Waals surface area contributed by atoms with E-state index in [4.69, 9.17) is 0 Å². The van der Waals surface area contributed by atoms with Crippen molar-refractivity contribution in [3.05, 3.63) is 36.5 Å². The second kappa shape index (κ2) is 6.40. The Balaban J connectivity index is 3.83. The van der Waals surface area contributed by atoms with Crippen molar-refractivity contribution >= 4 is 5.91 Å². The van der Waals surface area contributed by atoms with Gasteiger partial charge in [-0.2, -0.15) is 0 Å². The molecule has 0 saturated carbocycles. The van der Waals surface area contributed by atoms with Crippen LogP contribution in [-0.2, 0) is 4.79 Å². The standard InChI is InChI=1S/C10H15NO/c1-4-8-11-10(12)7-6-9(3)5-2/h4-7H,1,8H2,2-3H3,(H,11,12)/b7-6+,9-5+. The summed E-state index contributed by atoms with van der Waals surface area (Å²) in [6, 6.07) is 0. The van der Waals surface area contributed by atoms with Crippen molar-refractivity contribution in [3.63, 3.8) is 0 Å². The molecule has 0 atom stereocenters. The Kier molecular flexibility index (Phi) is 5.70. The Morgan fingerprint density at radius 1 is 1.50 bits per heavy atom. The lowest BCUT2D eigenvalue weighted by molar-refractivity contribution is -0.116. The lowest BCUT2D eigenvalue weighted by atomic mass is 10.2. The van der Waals surface area contributed by atoms with Gasteiger partial charge >= 0.3 is 0 Å². The van der Waals surface area contributed by atoms with Gasteiger partial charge in [0.05, 0.1) is 0 Å². The average molecular weight is 165 g/mol. The van der Waals surface area contributed by atoms with E-state index in [0.29, 0.717) is 6.54 Å². The Morgan fingerprint density at radius 2 is 2.17 bits per heavy atom. The molecule has 0 aromatic heterocycles. The molecule has 0 heterocycles. The third-order valence-corrected chi connectivity index (χ3v) is 1.37. The van der Waals surface area contributed by atoms with Gasteiger partial charge in [-0.15, -0.1) is 6.58 Å². The lowest BCUT2D eigenvalue weighted by Gasteiger charge is -1.94. The molecule has 0 radical (unpaired) electrons. The predicted molar refractivity (Wildman–Crippen MR) is 51.8 cm³/mol. The molecule has 0 bridgehead atoms. The van der Waals surface area contributed by atoms with Gasteiger partial charge in [0.1, 0.15) is 0 Å². The molecule has 0 aliphatic heterocycles. The number of nitrogens with one attached hydrogen (secondary N) is 1. The molecular formula is C10H15NO. The number of allylic oxidation sites excluding steroid dienone is 3. The van der Waals surface area contributed by atoms with Crippen LogP contribution in [0.1, 0.15) is 13.8 Å². The van der Waals surface area contributed by atoms with Gasteiger partial charge in [-0.05, 0) is 13.8 Å². The summed E-state index contributed by atoms with van der Waals surface area (Å²) in [7, 11) is 0. The quantitative estimate of drug-likeness (QED) is 0.384. The third-order valence-electron chi connectivity index (χ3n) is 1.37. The molecule has 0 fully saturated rings. The molecule has 0 aliphatic rings. The second-order valence-electron chi connectivity index (χ2n) is 2.40. The minimum absolute atomic E-state index is 0.0869. The Hall–Kier alpha value is -1.31. The highest BCUT2D eigenvalue weighted by molar-refractivity contribution is 5.87. The first-order valence-electron chi connectivity index (χ1n) is 3.90. The molecule has 12 heavy (non-hydrogen) atoms. The lowest BCUT2D eigenvalue weighted by Crippen LogP contribution is -2.20. The van der Waals surface area contributed by atoms with Crippen LogP contribution >= 0.6 is 0 Å². The minimum Gasteiger partial charge on any atom is -0.349 e. The summed E-state index contributed by atoms with van der Waals surface area (Å²) in [6.07, 6.45) is 6.88. The maximum Gasteiger partial charge on any atom is 0.244 e. The first-order chi connectivity index (χ1) is 5.70. The smallest absolute Gasteiger partial charge is 0.244 e. The van der Waals surface area contributed by atoms with E-state index in [1.807, 2.05) is 19.9 Å². The van der Waals surface area contributed by atoms with Crippen LogP contribution in [-0.4, -0.2) is 12.5 Å². The maximum atomic E-state index is 10.9. The summed E-state index contributed by atoms with van der Waals surface area (Å²) in [6.45, 7) is 7.88. The molecule has 1 N–H and O–H groups in total. The Labute approximate surface area is 73.7 Å². The van der Waals surface area contributed by atoms with Crippen LogP contribution in [0.4, 0.5) is 0 Å². The Morgan fingerprint density at radius 3 is 2.67 bits per heavy atom. The topological polar surface area (TPSA) is 29.1 Å². The van der Waals surface area contributed by atoms with Gasteiger partial charge in [-0.25, -0.2) is 0 Å². The molecule has 0 aromatic carbocycles. The zero-order valence-electron chi connectivity index (χ0n) is 7.63. The molecule has 0 saturated heterocycles. The molecule has 2 heteroatoms. The van der Waals surface area contributed by atoms with E-state index < -0.39 is 0 Å². The van der Waals surface area contributed by atoms with Crippen molar-refractivity contribution in [1.82, 2.24) is 5.32 Å². The fourth-order valence-corrected chi connectivity index (χ4v) is 0.535. The van der Waals surface area contributed by atoms with Gasteiger partial charge in [0.15, 0.2) is 0 Å². The number of hydrogen-bond acceptors (Lipinski definition) is 1. The molecule has 0 rings (SSSR count). The van der Waals surface area contributed by atoms with Crippen LogP contribution in [0.2, 0.25) is 0 Å². The van der Waals surface area contributed by atoms with E-state index in [-0.39, 0.29) is 5.91 Å². The SMILES string of the molecule is C=CCNC(=O)/C=C/C(C)=C/C. The monoisotopic (exact) mass is 165 g/mol. The van der Waals surface area contributed by atoms with Crippen LogP contribution in [0.15, 0.2) is 36.5 Å². The van der Waals surface area contributed by atoms with Gasteiger partial charge < -0.3 is 5.32 Å². The molecule has 0 aliphatic carbocycles. The summed E-state index contributed by atoms with van der Waals surface area (Å²) in [5, 5.41) is 2.64. The maximum absolute atomic E-state index is 10.9. The van der Waals surface area contributed by atoms with Gasteiger partial charge in [0.2, 0.25) is 5.91 Å². The van der Waals surface area contributed by atoms with Crippen molar-refractivity contribution in [2.75, 3.05) is 6.54 Å². The van der Waals surface area contributed by atoms with E-state index in [2.05, 4.69) is 11.9 Å². The second-order valence-corrected chi connectivity index (χ2v) is 2.40. The number of carbonyl (C=O) groups is 1. The van der Waals surface area contributed by atoms with Crippen molar-refractivity contribution in [2.45, 2.75) is 13.8 Å². The van der Waals surface area contributed by atoms with Gasteiger partial charge in [-0.3, -0.25) is 4.79 Å². The number of carbonyl (C=O) groups excluding carboxylic acids is 1.